The van der Waals surface area contributed by atoms with Crippen LogP contribution in [0.2, 0.25) is 0 Å². The van der Waals surface area contributed by atoms with Gasteiger partial charge in [0.1, 0.15) is 0 Å². The highest BCUT2D eigenvalue weighted by Gasteiger charge is 2.49. The van der Waals surface area contributed by atoms with Crippen molar-refractivity contribution < 1.29 is 18.9 Å². The number of unbranched alkanes of at least 4 members (excludes halogenated alkanes) is 3. The second-order valence-corrected chi connectivity index (χ2v) is 9.41. The Morgan fingerprint density at radius 1 is 1.07 bits per heavy atom. The van der Waals surface area contributed by atoms with Crippen molar-refractivity contribution in [3.8, 4) is 0 Å². The highest BCUT2D eigenvalue weighted by atomic mass is 31.1. The summed E-state index contributed by atoms with van der Waals surface area (Å²) in [6.07, 6.45) is 3.96. The third-order valence-corrected chi connectivity index (χ3v) is 6.15. The highest BCUT2D eigenvalue weighted by molar-refractivity contribution is 7.27. The smallest absolute Gasteiger partial charge is 0.324 e. The number of carbonyl (C=O) groups excluding carboxylic acids is 2. The van der Waals surface area contributed by atoms with Gasteiger partial charge in [-0.3, -0.25) is 14.2 Å². The monoisotopic (exact) mass is 406 g/mol. The minimum atomic E-state index is -1.40. The van der Waals surface area contributed by atoms with Crippen LogP contribution in [-0.4, -0.2) is 23.5 Å². The summed E-state index contributed by atoms with van der Waals surface area (Å²) in [5.74, 6) is -1.59. The van der Waals surface area contributed by atoms with E-state index in [0.717, 1.165) is 42.4 Å². The molecular weight excluding hydrogens is 371 g/mol. The molecule has 28 heavy (non-hydrogen) atoms. The molecule has 2 atom stereocenters. The van der Waals surface area contributed by atoms with Gasteiger partial charge in [-0.05, 0) is 51.2 Å². The van der Waals surface area contributed by atoms with Gasteiger partial charge in [0.2, 0.25) is 0 Å². The first kappa shape index (κ1) is 24.5. The summed E-state index contributed by atoms with van der Waals surface area (Å²) < 4.78 is 17.6. The lowest BCUT2D eigenvalue weighted by atomic mass is 9.76. The van der Waals surface area contributed by atoms with E-state index >= 15 is 0 Å². The largest absolute Gasteiger partial charge is 0.465 e. The lowest BCUT2D eigenvalue weighted by molar-refractivity contribution is -0.148. The van der Waals surface area contributed by atoms with Crippen LogP contribution in [0.4, 0.5) is 0 Å². The fourth-order valence-electron chi connectivity index (χ4n) is 3.99. The zero-order valence-electron chi connectivity index (χ0n) is 18.4. The van der Waals surface area contributed by atoms with Gasteiger partial charge < -0.3 is 4.74 Å². The molecule has 0 N–H and O–H groups in total. The van der Waals surface area contributed by atoms with Crippen LogP contribution in [0, 0.1) is 32.6 Å². The Kier molecular flexibility index (Phi) is 9.50. The van der Waals surface area contributed by atoms with Crippen LogP contribution >= 0.6 is 8.46 Å². The third-order valence-electron chi connectivity index (χ3n) is 5.31. The summed E-state index contributed by atoms with van der Waals surface area (Å²) in [5.41, 5.74) is 3.47. The zero-order valence-corrected chi connectivity index (χ0v) is 19.3. The molecule has 1 aromatic carbocycles. The molecule has 0 aliphatic rings. The summed E-state index contributed by atoms with van der Waals surface area (Å²) in [6, 6.07) is 3.94. The van der Waals surface area contributed by atoms with Gasteiger partial charge in [0.25, 0.3) is 0 Å². The number of hydrogen-bond donors (Lipinski definition) is 0. The van der Waals surface area contributed by atoms with Crippen molar-refractivity contribution in [2.24, 2.45) is 11.8 Å². The minimum Gasteiger partial charge on any atom is -0.465 e. The number of hydrogen-bond acceptors (Lipinski definition) is 4. The van der Waals surface area contributed by atoms with E-state index in [-0.39, 0.29) is 20.2 Å². The molecule has 1 aromatic rings. The van der Waals surface area contributed by atoms with E-state index in [4.69, 9.17) is 4.74 Å². The van der Waals surface area contributed by atoms with Crippen molar-refractivity contribution >= 4 is 20.2 Å². The number of aryl methyl sites for hydroxylation is 3. The average molecular weight is 407 g/mol. The third kappa shape index (κ3) is 5.73. The molecule has 0 radical (unpaired) electrons. The van der Waals surface area contributed by atoms with Crippen LogP contribution in [0.25, 0.3) is 0 Å². The van der Waals surface area contributed by atoms with Crippen molar-refractivity contribution in [1.29, 1.82) is 0 Å². The first-order valence-corrected chi connectivity index (χ1v) is 11.0. The minimum absolute atomic E-state index is 0.140. The van der Waals surface area contributed by atoms with Gasteiger partial charge in [-0.2, -0.15) is 0 Å². The van der Waals surface area contributed by atoms with Gasteiger partial charge in [-0.25, -0.2) is 0 Å². The summed E-state index contributed by atoms with van der Waals surface area (Å²) in [5, 5.41) is -1.40. The van der Waals surface area contributed by atoms with E-state index in [9.17, 15) is 14.2 Å². The molecule has 0 aliphatic carbocycles. The normalized spacial score (nSPS) is 14.7. The standard InChI is InChI=1S/C23H35O4P/c1-8-9-10-11-12-27-22(25)23(7,28-26)20(15(2)3)21(24)19-17(5)13-16(4)14-18(19)6/h13-15,20H,8-12H2,1-7H3. The molecular formula is C23H35O4P. The van der Waals surface area contributed by atoms with Crippen molar-refractivity contribution in [1.82, 2.24) is 0 Å². The summed E-state index contributed by atoms with van der Waals surface area (Å²) in [6.45, 7) is 13.6. The van der Waals surface area contributed by atoms with Crippen LogP contribution < -0.4 is 0 Å². The van der Waals surface area contributed by atoms with Crippen LogP contribution in [0.3, 0.4) is 0 Å². The van der Waals surface area contributed by atoms with Crippen molar-refractivity contribution in [2.45, 2.75) is 79.3 Å². The topological polar surface area (TPSA) is 60.4 Å². The first-order valence-electron chi connectivity index (χ1n) is 10.2. The molecule has 0 aromatic heterocycles. The van der Waals surface area contributed by atoms with Gasteiger partial charge in [0.05, 0.1) is 12.5 Å². The Bertz CT molecular complexity index is 688. The average Bonchev–Trinajstić information content (AvgIpc) is 2.59. The predicted molar refractivity (Wildman–Crippen MR) is 114 cm³/mol. The molecule has 4 nitrogen and oxygen atoms in total. The van der Waals surface area contributed by atoms with Crippen molar-refractivity contribution in [3.05, 3.63) is 34.4 Å². The van der Waals surface area contributed by atoms with E-state index in [1.54, 1.807) is 6.92 Å². The molecule has 0 bridgehead atoms. The highest BCUT2D eigenvalue weighted by Crippen LogP contribution is 2.40. The number of carbonyl (C=O) groups is 2. The quantitative estimate of drug-likeness (QED) is 0.189. The summed E-state index contributed by atoms with van der Waals surface area (Å²) in [7, 11) is -0.386. The van der Waals surface area contributed by atoms with Gasteiger partial charge in [-0.1, -0.05) is 57.7 Å². The van der Waals surface area contributed by atoms with E-state index in [1.165, 1.54) is 0 Å². The molecule has 1 rings (SSSR count). The van der Waals surface area contributed by atoms with E-state index in [1.807, 2.05) is 46.8 Å². The fraction of sp³-hybridized carbons (Fsp3) is 0.652. The summed E-state index contributed by atoms with van der Waals surface area (Å²) in [4.78, 5) is 26.4. The molecule has 0 amide bonds. The Balaban J connectivity index is 3.17. The van der Waals surface area contributed by atoms with Crippen molar-refractivity contribution in [2.75, 3.05) is 6.61 Å². The molecule has 0 saturated carbocycles. The van der Waals surface area contributed by atoms with Crippen LogP contribution in [-0.2, 0) is 14.1 Å². The maximum absolute atomic E-state index is 13.5. The molecule has 0 heterocycles. The molecule has 0 spiro atoms. The predicted octanol–water partition coefficient (Wildman–Crippen LogP) is 6.24. The van der Waals surface area contributed by atoms with Gasteiger partial charge in [-0.15, -0.1) is 0 Å². The van der Waals surface area contributed by atoms with Gasteiger partial charge >= 0.3 is 5.97 Å². The lowest BCUT2D eigenvalue weighted by Gasteiger charge is -2.32. The number of Topliss-reactive ketones (excluding diaryl/α,β-unsaturated/α-hetero) is 1. The van der Waals surface area contributed by atoms with Gasteiger partial charge in [0, 0.05) is 5.56 Å². The Morgan fingerprint density at radius 3 is 2.11 bits per heavy atom. The molecule has 5 heteroatoms. The van der Waals surface area contributed by atoms with Gasteiger partial charge in [0.15, 0.2) is 19.4 Å². The Labute approximate surface area is 171 Å². The molecule has 0 fully saturated rings. The number of ether oxygens (including phenoxy) is 1. The van der Waals surface area contributed by atoms with E-state index < -0.39 is 17.0 Å². The van der Waals surface area contributed by atoms with E-state index in [0.29, 0.717) is 12.2 Å². The van der Waals surface area contributed by atoms with Crippen LogP contribution in [0.15, 0.2) is 12.1 Å². The molecule has 0 saturated heterocycles. The second kappa shape index (κ2) is 10.9. The van der Waals surface area contributed by atoms with Crippen LogP contribution in [0.5, 0.6) is 0 Å². The van der Waals surface area contributed by atoms with Crippen molar-refractivity contribution in [3.63, 3.8) is 0 Å². The molecule has 2 unspecified atom stereocenters. The number of ketones is 1. The maximum atomic E-state index is 13.5. The Morgan fingerprint density at radius 2 is 1.64 bits per heavy atom. The number of esters is 1. The number of rotatable bonds is 11. The fourth-order valence-corrected chi connectivity index (χ4v) is 4.66. The summed E-state index contributed by atoms with van der Waals surface area (Å²) >= 11 is 0. The van der Waals surface area contributed by atoms with E-state index in [2.05, 4.69) is 6.92 Å². The molecule has 156 valence electrons. The van der Waals surface area contributed by atoms with Crippen LogP contribution in [0.1, 0.15) is 80.4 Å². The SMILES string of the molecule is CCCCCCOC(=O)C(C)(P=O)C(C(=O)c1c(C)cc(C)cc1C)C(C)C. The molecule has 0 aliphatic heterocycles. The Hall–Kier alpha value is -1.54. The first-order chi connectivity index (χ1) is 13.1. The lowest BCUT2D eigenvalue weighted by Crippen LogP contribution is -2.46. The number of benzene rings is 1. The maximum Gasteiger partial charge on any atom is 0.324 e. The second-order valence-electron chi connectivity index (χ2n) is 8.30. The zero-order chi connectivity index (χ0) is 21.5.